The van der Waals surface area contributed by atoms with E-state index in [0.717, 1.165) is 32.5 Å². The highest BCUT2D eigenvalue weighted by Crippen LogP contribution is 2.53. The third-order valence-corrected chi connectivity index (χ3v) is 6.24. The van der Waals surface area contributed by atoms with Crippen LogP contribution in [0.15, 0.2) is 104 Å². The van der Waals surface area contributed by atoms with Crippen LogP contribution in [-0.4, -0.2) is 17.0 Å². The Labute approximate surface area is 180 Å². The normalized spacial score (nSPS) is 20.2. The van der Waals surface area contributed by atoms with Gasteiger partial charge in [0.25, 0.3) is 0 Å². The zero-order valence-electron chi connectivity index (χ0n) is 17.6. The minimum Gasteiger partial charge on any atom is -0.377 e. The second kappa shape index (κ2) is 9.88. The monoisotopic (exact) mass is 397 g/mol. The molecule has 3 aromatic carbocycles. The zero-order chi connectivity index (χ0) is 20.7. The van der Waals surface area contributed by atoms with Crippen LogP contribution in [0.1, 0.15) is 29.5 Å². The Morgan fingerprint density at radius 3 is 1.77 bits per heavy atom. The molecule has 2 atom stereocenters. The fraction of sp³-hybridized carbons (Fsp3) is 0.286. The molecule has 0 amide bonds. The molecule has 0 aliphatic heterocycles. The molecule has 2 nitrogen and oxygen atoms in total. The van der Waals surface area contributed by atoms with E-state index in [0.29, 0.717) is 12.5 Å². The van der Waals surface area contributed by atoms with Gasteiger partial charge >= 0.3 is 0 Å². The molecule has 1 fully saturated rings. The van der Waals surface area contributed by atoms with Gasteiger partial charge in [0.2, 0.25) is 0 Å². The minimum atomic E-state index is 0.129. The molecule has 30 heavy (non-hydrogen) atoms. The Bertz CT molecular complexity index is 868. The topological polar surface area (TPSA) is 12.5 Å². The van der Waals surface area contributed by atoms with Gasteiger partial charge in [0.1, 0.15) is 0 Å². The average molecular weight is 398 g/mol. The zero-order valence-corrected chi connectivity index (χ0v) is 17.6. The van der Waals surface area contributed by atoms with Crippen LogP contribution in [0.2, 0.25) is 0 Å². The van der Waals surface area contributed by atoms with Crippen molar-refractivity contribution in [2.75, 3.05) is 6.61 Å². The molecule has 154 valence electrons. The van der Waals surface area contributed by atoms with Crippen LogP contribution in [-0.2, 0) is 24.4 Å². The van der Waals surface area contributed by atoms with Gasteiger partial charge in [-0.25, -0.2) is 0 Å². The van der Waals surface area contributed by atoms with Gasteiger partial charge in [-0.2, -0.15) is 0 Å². The molecule has 4 rings (SSSR count). The lowest BCUT2D eigenvalue weighted by Gasteiger charge is -2.33. The molecule has 3 aromatic rings. The molecule has 1 aliphatic rings. The molecular weight excluding hydrogens is 366 g/mol. The highest BCUT2D eigenvalue weighted by molar-refractivity contribution is 5.23. The lowest BCUT2D eigenvalue weighted by molar-refractivity contribution is 0.0684. The summed E-state index contributed by atoms with van der Waals surface area (Å²) >= 11 is 0. The Balaban J connectivity index is 1.47. The maximum absolute atomic E-state index is 6.08. The predicted molar refractivity (Wildman–Crippen MR) is 124 cm³/mol. The van der Waals surface area contributed by atoms with Crippen LogP contribution >= 0.6 is 0 Å². The van der Waals surface area contributed by atoms with E-state index >= 15 is 0 Å². The number of ether oxygens (including phenoxy) is 1. The van der Waals surface area contributed by atoms with Crippen LogP contribution in [0.5, 0.6) is 0 Å². The van der Waals surface area contributed by atoms with E-state index < -0.39 is 0 Å². The Morgan fingerprint density at radius 2 is 1.30 bits per heavy atom. The second-order valence-corrected chi connectivity index (χ2v) is 8.27. The summed E-state index contributed by atoms with van der Waals surface area (Å²) in [5, 5.41) is 0. The summed E-state index contributed by atoms with van der Waals surface area (Å²) in [4.78, 5) is 2.65. The van der Waals surface area contributed by atoms with Gasteiger partial charge in [-0.05, 0) is 35.4 Å². The lowest BCUT2D eigenvalue weighted by atomic mass is 10.0. The van der Waals surface area contributed by atoms with Crippen molar-refractivity contribution in [2.45, 2.75) is 38.1 Å². The fourth-order valence-electron chi connectivity index (χ4n) is 4.43. The Hall–Kier alpha value is -2.68. The number of benzene rings is 3. The molecule has 0 aromatic heterocycles. The third-order valence-electron chi connectivity index (χ3n) is 6.24. The Kier molecular flexibility index (Phi) is 6.78. The van der Waals surface area contributed by atoms with Crippen LogP contribution < -0.4 is 0 Å². The highest BCUT2D eigenvalue weighted by atomic mass is 16.5. The summed E-state index contributed by atoms with van der Waals surface area (Å²) in [6.07, 6.45) is 4.32. The molecular formula is C28H31NO. The fourth-order valence-corrected chi connectivity index (χ4v) is 4.43. The van der Waals surface area contributed by atoms with E-state index in [4.69, 9.17) is 4.74 Å². The van der Waals surface area contributed by atoms with E-state index in [-0.39, 0.29) is 5.54 Å². The van der Waals surface area contributed by atoms with Gasteiger partial charge in [-0.3, -0.25) is 4.90 Å². The first-order chi connectivity index (χ1) is 14.8. The van der Waals surface area contributed by atoms with Crippen LogP contribution in [0, 0.1) is 5.92 Å². The van der Waals surface area contributed by atoms with Crippen molar-refractivity contribution < 1.29 is 4.74 Å². The van der Waals surface area contributed by atoms with Gasteiger partial charge in [0.15, 0.2) is 0 Å². The van der Waals surface area contributed by atoms with Gasteiger partial charge < -0.3 is 4.74 Å². The highest BCUT2D eigenvalue weighted by Gasteiger charge is 2.55. The Morgan fingerprint density at radius 1 is 0.800 bits per heavy atom. The molecule has 0 N–H and O–H groups in total. The van der Waals surface area contributed by atoms with Crippen LogP contribution in [0.4, 0.5) is 0 Å². The molecule has 0 radical (unpaired) electrons. The number of nitrogens with zero attached hydrogens (tertiary/aromatic N) is 1. The molecule has 1 saturated carbocycles. The summed E-state index contributed by atoms with van der Waals surface area (Å²) in [6, 6.07) is 32.0. The summed E-state index contributed by atoms with van der Waals surface area (Å²) in [5.74, 6) is 0.519. The molecule has 0 saturated heterocycles. The van der Waals surface area contributed by atoms with E-state index in [9.17, 15) is 0 Å². The van der Waals surface area contributed by atoms with Gasteiger partial charge in [-0.15, -0.1) is 6.58 Å². The van der Waals surface area contributed by atoms with Crippen molar-refractivity contribution in [3.8, 4) is 0 Å². The largest absolute Gasteiger partial charge is 0.377 e. The first-order valence-corrected chi connectivity index (χ1v) is 10.9. The lowest BCUT2D eigenvalue weighted by Crippen LogP contribution is -2.39. The number of hydrogen-bond acceptors (Lipinski definition) is 2. The first-order valence-electron chi connectivity index (χ1n) is 10.9. The van der Waals surface area contributed by atoms with Crippen molar-refractivity contribution in [3.05, 3.63) is 120 Å². The van der Waals surface area contributed by atoms with E-state index in [1.807, 2.05) is 6.07 Å². The van der Waals surface area contributed by atoms with Crippen molar-refractivity contribution in [3.63, 3.8) is 0 Å². The van der Waals surface area contributed by atoms with Crippen molar-refractivity contribution >= 4 is 0 Å². The van der Waals surface area contributed by atoms with Crippen LogP contribution in [0.3, 0.4) is 0 Å². The molecule has 1 aliphatic carbocycles. The quantitative estimate of drug-likeness (QED) is 0.280. The standard InChI is InChI=1S/C28H31NO/c1-2-27-20-28(27,18-19-30-23-26-16-10-5-11-17-26)29(21-24-12-6-3-7-13-24)22-25-14-8-4-9-15-25/h2-17,27H,1,18-23H2/t27-,28-/m1/s1. The van der Waals surface area contributed by atoms with E-state index in [1.165, 1.54) is 16.7 Å². The molecule has 2 heteroatoms. The van der Waals surface area contributed by atoms with Crippen LogP contribution in [0.25, 0.3) is 0 Å². The molecule has 0 heterocycles. The average Bonchev–Trinajstić information content (AvgIpc) is 3.53. The van der Waals surface area contributed by atoms with Crippen molar-refractivity contribution in [1.29, 1.82) is 0 Å². The van der Waals surface area contributed by atoms with E-state index in [2.05, 4.69) is 102 Å². The summed E-state index contributed by atoms with van der Waals surface area (Å²) < 4.78 is 6.08. The summed E-state index contributed by atoms with van der Waals surface area (Å²) in [7, 11) is 0. The van der Waals surface area contributed by atoms with Gasteiger partial charge in [0, 0.05) is 25.2 Å². The van der Waals surface area contributed by atoms with Crippen molar-refractivity contribution in [2.24, 2.45) is 5.92 Å². The molecule has 0 spiro atoms. The van der Waals surface area contributed by atoms with Gasteiger partial charge in [-0.1, -0.05) is 97.1 Å². The van der Waals surface area contributed by atoms with Gasteiger partial charge in [0.05, 0.1) is 6.61 Å². The summed E-state index contributed by atoms with van der Waals surface area (Å²) in [5.41, 5.74) is 4.07. The van der Waals surface area contributed by atoms with Crippen molar-refractivity contribution in [1.82, 2.24) is 4.90 Å². The number of rotatable bonds is 11. The smallest absolute Gasteiger partial charge is 0.0716 e. The maximum Gasteiger partial charge on any atom is 0.0716 e. The number of hydrogen-bond donors (Lipinski definition) is 0. The maximum atomic E-state index is 6.08. The SMILES string of the molecule is C=C[C@@H]1C[C@@]1(CCOCc1ccccc1)N(Cc1ccccc1)Cc1ccccc1. The van der Waals surface area contributed by atoms with E-state index in [1.54, 1.807) is 0 Å². The first kappa shape index (κ1) is 20.6. The molecule has 0 unspecified atom stereocenters. The third kappa shape index (κ3) is 5.08. The molecule has 0 bridgehead atoms. The predicted octanol–water partition coefficient (Wildman–Crippen LogP) is 6.24. The second-order valence-electron chi connectivity index (χ2n) is 8.27. The summed E-state index contributed by atoms with van der Waals surface area (Å²) in [6.45, 7) is 7.45. The minimum absolute atomic E-state index is 0.129.